The van der Waals surface area contributed by atoms with Crippen molar-refractivity contribution in [2.45, 2.75) is 25.1 Å². The Morgan fingerprint density at radius 2 is 2.19 bits per heavy atom. The molecule has 1 aromatic heterocycles. The standard InChI is InChI=1S/C11H14Br2N2O/c1-7-5-8(2)14-10(6-7)15-11(16)9(13)3-4-12/h5-6,9H,3-4H2,1-2H3,(H,14,15,16). The monoisotopic (exact) mass is 348 g/mol. The third-order valence-corrected chi connectivity index (χ3v) is 3.33. The molecular weight excluding hydrogens is 336 g/mol. The molecule has 0 spiro atoms. The van der Waals surface area contributed by atoms with Gasteiger partial charge >= 0.3 is 0 Å². The molecule has 1 aromatic rings. The molecule has 1 rings (SSSR count). The van der Waals surface area contributed by atoms with Gasteiger partial charge in [-0.1, -0.05) is 31.9 Å². The molecule has 0 aliphatic rings. The van der Waals surface area contributed by atoms with Crippen LogP contribution in [0.4, 0.5) is 5.82 Å². The van der Waals surface area contributed by atoms with Crippen molar-refractivity contribution in [1.82, 2.24) is 4.98 Å². The average Bonchev–Trinajstić information content (AvgIpc) is 2.16. The number of halogens is 2. The topological polar surface area (TPSA) is 42.0 Å². The Bertz CT molecular complexity index is 362. The maximum Gasteiger partial charge on any atom is 0.239 e. The number of anilines is 1. The van der Waals surface area contributed by atoms with Gasteiger partial charge in [-0.15, -0.1) is 0 Å². The number of rotatable bonds is 4. The van der Waals surface area contributed by atoms with Gasteiger partial charge in [-0.3, -0.25) is 4.79 Å². The van der Waals surface area contributed by atoms with Gasteiger partial charge in [-0.25, -0.2) is 4.98 Å². The van der Waals surface area contributed by atoms with E-state index in [9.17, 15) is 4.79 Å². The van der Waals surface area contributed by atoms with Crippen LogP contribution in [0.15, 0.2) is 12.1 Å². The number of pyridine rings is 1. The van der Waals surface area contributed by atoms with Crippen LogP contribution in [0.25, 0.3) is 0 Å². The summed E-state index contributed by atoms with van der Waals surface area (Å²) in [6.45, 7) is 3.89. The van der Waals surface area contributed by atoms with E-state index >= 15 is 0 Å². The number of aromatic nitrogens is 1. The fourth-order valence-corrected chi connectivity index (χ4v) is 2.75. The predicted octanol–water partition coefficient (Wildman–Crippen LogP) is 3.19. The Hall–Kier alpha value is -0.420. The van der Waals surface area contributed by atoms with E-state index in [0.29, 0.717) is 5.82 Å². The van der Waals surface area contributed by atoms with E-state index in [1.165, 1.54) is 0 Å². The van der Waals surface area contributed by atoms with E-state index in [-0.39, 0.29) is 10.7 Å². The molecule has 16 heavy (non-hydrogen) atoms. The zero-order chi connectivity index (χ0) is 12.1. The molecule has 0 saturated carbocycles. The normalized spacial score (nSPS) is 12.2. The van der Waals surface area contributed by atoms with Crippen LogP contribution in [0.1, 0.15) is 17.7 Å². The molecule has 1 heterocycles. The Kier molecular flexibility index (Phi) is 5.41. The molecule has 88 valence electrons. The number of carbonyl (C=O) groups excluding carboxylic acids is 1. The number of nitrogens with one attached hydrogen (secondary N) is 1. The first-order chi connectivity index (χ1) is 7.52. The van der Waals surface area contributed by atoms with E-state index in [4.69, 9.17) is 0 Å². The summed E-state index contributed by atoms with van der Waals surface area (Å²) in [5.41, 5.74) is 2.00. The Labute approximate surface area is 112 Å². The zero-order valence-electron chi connectivity index (χ0n) is 9.26. The lowest BCUT2D eigenvalue weighted by atomic mass is 10.2. The van der Waals surface area contributed by atoms with E-state index in [2.05, 4.69) is 42.2 Å². The largest absolute Gasteiger partial charge is 0.310 e. The SMILES string of the molecule is Cc1cc(C)nc(NC(=O)C(Br)CCBr)c1. The molecule has 0 saturated heterocycles. The highest BCUT2D eigenvalue weighted by atomic mass is 79.9. The summed E-state index contributed by atoms with van der Waals surface area (Å²) in [4.78, 5) is 15.8. The summed E-state index contributed by atoms with van der Waals surface area (Å²) in [7, 11) is 0. The van der Waals surface area contributed by atoms with Crippen molar-refractivity contribution in [2.24, 2.45) is 0 Å². The first kappa shape index (κ1) is 13.6. The van der Waals surface area contributed by atoms with E-state index < -0.39 is 0 Å². The van der Waals surface area contributed by atoms with Gasteiger partial charge in [-0.2, -0.15) is 0 Å². The summed E-state index contributed by atoms with van der Waals surface area (Å²) in [5, 5.41) is 3.58. The lowest BCUT2D eigenvalue weighted by molar-refractivity contribution is -0.115. The number of hydrogen-bond acceptors (Lipinski definition) is 2. The molecule has 0 aliphatic carbocycles. The van der Waals surface area contributed by atoms with Crippen LogP contribution < -0.4 is 5.32 Å². The van der Waals surface area contributed by atoms with E-state index in [0.717, 1.165) is 23.0 Å². The molecule has 0 aliphatic heterocycles. The highest BCUT2D eigenvalue weighted by molar-refractivity contribution is 9.10. The second-order valence-corrected chi connectivity index (χ2v) is 5.50. The Morgan fingerprint density at radius 3 is 2.75 bits per heavy atom. The predicted molar refractivity (Wildman–Crippen MR) is 73.5 cm³/mol. The first-order valence-electron chi connectivity index (χ1n) is 4.99. The minimum absolute atomic E-state index is 0.0584. The first-order valence-corrected chi connectivity index (χ1v) is 7.03. The van der Waals surface area contributed by atoms with Gasteiger partial charge in [0.25, 0.3) is 0 Å². The smallest absolute Gasteiger partial charge is 0.239 e. The van der Waals surface area contributed by atoms with Gasteiger partial charge in [0, 0.05) is 11.0 Å². The van der Waals surface area contributed by atoms with Crippen molar-refractivity contribution in [1.29, 1.82) is 0 Å². The molecule has 3 nitrogen and oxygen atoms in total. The van der Waals surface area contributed by atoms with Crippen molar-refractivity contribution < 1.29 is 4.79 Å². The zero-order valence-corrected chi connectivity index (χ0v) is 12.4. The Balaban J connectivity index is 2.69. The summed E-state index contributed by atoms with van der Waals surface area (Å²) < 4.78 is 0. The summed E-state index contributed by atoms with van der Waals surface area (Å²) in [6.07, 6.45) is 0.747. The molecule has 0 fully saturated rings. The van der Waals surface area contributed by atoms with Gasteiger partial charge < -0.3 is 5.32 Å². The number of hydrogen-bond donors (Lipinski definition) is 1. The lowest BCUT2D eigenvalue weighted by Gasteiger charge is -2.09. The molecule has 1 unspecified atom stereocenters. The fraction of sp³-hybridized carbons (Fsp3) is 0.455. The van der Waals surface area contributed by atoms with Crippen LogP contribution in [0.2, 0.25) is 0 Å². The Morgan fingerprint density at radius 1 is 1.50 bits per heavy atom. The van der Waals surface area contributed by atoms with Crippen molar-refractivity contribution in [2.75, 3.05) is 10.6 Å². The lowest BCUT2D eigenvalue weighted by Crippen LogP contribution is -2.23. The highest BCUT2D eigenvalue weighted by Gasteiger charge is 2.14. The summed E-state index contributed by atoms with van der Waals surface area (Å²) >= 11 is 6.63. The summed E-state index contributed by atoms with van der Waals surface area (Å²) in [5.74, 6) is 0.554. The molecule has 5 heteroatoms. The second kappa shape index (κ2) is 6.35. The minimum atomic E-state index is -0.186. The number of alkyl halides is 2. The minimum Gasteiger partial charge on any atom is -0.310 e. The van der Waals surface area contributed by atoms with Crippen LogP contribution >= 0.6 is 31.9 Å². The molecule has 0 aromatic carbocycles. The number of carbonyl (C=O) groups is 1. The quantitative estimate of drug-likeness (QED) is 0.848. The third-order valence-electron chi connectivity index (χ3n) is 2.00. The molecule has 1 amide bonds. The molecule has 1 atom stereocenters. The molecule has 1 N–H and O–H groups in total. The van der Waals surface area contributed by atoms with Gasteiger partial charge in [0.2, 0.25) is 5.91 Å². The van der Waals surface area contributed by atoms with Gasteiger partial charge in [0.1, 0.15) is 5.82 Å². The van der Waals surface area contributed by atoms with Crippen molar-refractivity contribution in [3.63, 3.8) is 0 Å². The average molecular weight is 350 g/mol. The van der Waals surface area contributed by atoms with Crippen molar-refractivity contribution in [3.8, 4) is 0 Å². The van der Waals surface area contributed by atoms with Gasteiger partial charge in [-0.05, 0) is 38.0 Å². The number of nitrogens with zero attached hydrogens (tertiary/aromatic N) is 1. The molecular formula is C11H14Br2N2O. The third kappa shape index (κ3) is 4.22. The van der Waals surface area contributed by atoms with Gasteiger partial charge in [0.15, 0.2) is 0 Å². The molecule has 0 radical (unpaired) electrons. The second-order valence-electron chi connectivity index (χ2n) is 3.61. The highest BCUT2D eigenvalue weighted by Crippen LogP contribution is 2.13. The van der Waals surface area contributed by atoms with E-state index in [1.54, 1.807) is 0 Å². The van der Waals surface area contributed by atoms with E-state index in [1.807, 2.05) is 26.0 Å². The number of amides is 1. The molecule has 0 bridgehead atoms. The van der Waals surface area contributed by atoms with Crippen LogP contribution in [-0.2, 0) is 4.79 Å². The van der Waals surface area contributed by atoms with Crippen LogP contribution in [-0.4, -0.2) is 21.0 Å². The van der Waals surface area contributed by atoms with Gasteiger partial charge in [0.05, 0.1) is 4.83 Å². The maximum absolute atomic E-state index is 11.7. The van der Waals surface area contributed by atoms with Crippen LogP contribution in [0, 0.1) is 13.8 Å². The van der Waals surface area contributed by atoms with Crippen LogP contribution in [0.3, 0.4) is 0 Å². The van der Waals surface area contributed by atoms with Crippen molar-refractivity contribution >= 4 is 43.6 Å². The van der Waals surface area contributed by atoms with Crippen LogP contribution in [0.5, 0.6) is 0 Å². The summed E-state index contributed by atoms with van der Waals surface area (Å²) in [6, 6.07) is 3.83. The maximum atomic E-state index is 11.7. The van der Waals surface area contributed by atoms with Crippen molar-refractivity contribution in [3.05, 3.63) is 23.4 Å². The fourth-order valence-electron chi connectivity index (χ4n) is 1.34. The number of aryl methyl sites for hydroxylation is 2.